The molecule has 1 aromatic carbocycles. The van der Waals surface area contributed by atoms with Gasteiger partial charge < -0.3 is 30.3 Å². The second-order valence-electron chi connectivity index (χ2n) is 6.99. The number of ether oxygens (including phenoxy) is 2. The largest absolute Gasteiger partial charge is 0.497 e. The molecule has 1 fully saturated rings. The van der Waals surface area contributed by atoms with Gasteiger partial charge in [-0.2, -0.15) is 0 Å². The van der Waals surface area contributed by atoms with Crippen LogP contribution in [0.4, 0.5) is 0 Å². The molecule has 0 bridgehead atoms. The van der Waals surface area contributed by atoms with Gasteiger partial charge in [-0.1, -0.05) is 17.3 Å². The fourth-order valence-electron chi connectivity index (χ4n) is 3.22. The maximum atomic E-state index is 12.2. The van der Waals surface area contributed by atoms with Gasteiger partial charge in [0.25, 0.3) is 0 Å². The van der Waals surface area contributed by atoms with E-state index in [2.05, 4.69) is 20.9 Å². The first-order valence-electron chi connectivity index (χ1n) is 9.45. The van der Waals surface area contributed by atoms with Crippen LogP contribution in [0.5, 0.6) is 5.75 Å². The van der Waals surface area contributed by atoms with Crippen LogP contribution in [0.25, 0.3) is 0 Å². The molecule has 4 N–H and O–H groups in total. The maximum absolute atomic E-state index is 12.2. The third kappa shape index (κ3) is 5.51. The Morgan fingerprint density at radius 3 is 2.62 bits per heavy atom. The lowest BCUT2D eigenvalue weighted by Gasteiger charge is -2.14. The Balaban J connectivity index is 1.49. The van der Waals surface area contributed by atoms with Gasteiger partial charge in [-0.3, -0.25) is 4.79 Å². The van der Waals surface area contributed by atoms with E-state index in [-0.39, 0.29) is 18.9 Å². The first kappa shape index (κ1) is 21.2. The van der Waals surface area contributed by atoms with Gasteiger partial charge >= 0.3 is 0 Å². The number of amides is 1. The zero-order valence-electron chi connectivity index (χ0n) is 16.5. The van der Waals surface area contributed by atoms with Gasteiger partial charge in [0.15, 0.2) is 0 Å². The molecule has 2 heterocycles. The number of methoxy groups -OCH3 is 1. The number of carbonyl (C=O) groups is 1. The summed E-state index contributed by atoms with van der Waals surface area (Å²) in [6, 6.07) is 7.36. The number of benzene rings is 1. The zero-order valence-corrected chi connectivity index (χ0v) is 16.5. The molecule has 2 aromatic rings. The quantitative estimate of drug-likeness (QED) is 0.427. The summed E-state index contributed by atoms with van der Waals surface area (Å²) in [4.78, 5) is 12.2. The number of hydrogen-bond donors (Lipinski definition) is 4. The summed E-state index contributed by atoms with van der Waals surface area (Å²) in [7, 11) is 3.40. The molecular formula is C19H27N5O5. The fourth-order valence-corrected chi connectivity index (χ4v) is 3.22. The SMILES string of the molecule is CNCc1cn(C[C@@H]2O[C@@H](CC(=O)NCc3ccc(OC)cc3)[C@H](O)[C@@H]2O)nn1. The van der Waals surface area contributed by atoms with Gasteiger partial charge in [-0.05, 0) is 24.7 Å². The molecule has 3 rings (SSSR count). The van der Waals surface area contributed by atoms with E-state index in [1.807, 2.05) is 31.3 Å². The van der Waals surface area contributed by atoms with Crippen LogP contribution in [0.15, 0.2) is 30.5 Å². The molecule has 158 valence electrons. The summed E-state index contributed by atoms with van der Waals surface area (Å²) in [6.07, 6.45) is -2.01. The van der Waals surface area contributed by atoms with Crippen LogP contribution in [-0.4, -0.2) is 69.7 Å². The second kappa shape index (κ2) is 9.79. The minimum atomic E-state index is -1.15. The molecule has 0 spiro atoms. The summed E-state index contributed by atoms with van der Waals surface area (Å²) >= 11 is 0. The molecule has 4 atom stereocenters. The molecule has 1 aliphatic heterocycles. The molecular weight excluding hydrogens is 378 g/mol. The van der Waals surface area contributed by atoms with Crippen LogP contribution >= 0.6 is 0 Å². The lowest BCUT2D eigenvalue weighted by Crippen LogP contribution is -2.36. The summed E-state index contributed by atoms with van der Waals surface area (Å²) in [5, 5.41) is 34.3. The zero-order chi connectivity index (χ0) is 20.8. The molecule has 0 unspecified atom stereocenters. The molecule has 0 saturated carbocycles. The van der Waals surface area contributed by atoms with Gasteiger partial charge in [0, 0.05) is 19.3 Å². The van der Waals surface area contributed by atoms with E-state index in [1.165, 1.54) is 0 Å². The Bertz CT molecular complexity index is 797. The monoisotopic (exact) mass is 405 g/mol. The van der Waals surface area contributed by atoms with Crippen molar-refractivity contribution in [2.24, 2.45) is 0 Å². The third-order valence-electron chi connectivity index (χ3n) is 4.81. The third-order valence-corrected chi connectivity index (χ3v) is 4.81. The van der Waals surface area contributed by atoms with Crippen LogP contribution in [0, 0.1) is 0 Å². The lowest BCUT2D eigenvalue weighted by atomic mass is 10.1. The highest BCUT2D eigenvalue weighted by molar-refractivity contribution is 5.76. The standard InChI is InChI=1S/C19H27N5O5/c1-20-9-13-10-24(23-22-13)11-16-19(27)18(26)15(29-16)7-17(25)21-8-12-3-5-14(28-2)6-4-12/h3-6,10,15-16,18-20,26-27H,7-9,11H2,1-2H3,(H,21,25)/t15-,16-,18-,19+/m0/s1. The number of hydrogen-bond acceptors (Lipinski definition) is 8. The number of aromatic nitrogens is 3. The predicted molar refractivity (Wildman–Crippen MR) is 103 cm³/mol. The molecule has 0 aliphatic carbocycles. The van der Waals surface area contributed by atoms with Gasteiger partial charge in [-0.15, -0.1) is 5.10 Å². The smallest absolute Gasteiger partial charge is 0.222 e. The number of nitrogens with zero attached hydrogens (tertiary/aromatic N) is 3. The Labute approximate surface area is 168 Å². The van der Waals surface area contributed by atoms with Crippen molar-refractivity contribution in [1.29, 1.82) is 0 Å². The molecule has 1 aliphatic rings. The van der Waals surface area contributed by atoms with Crippen LogP contribution in [0.1, 0.15) is 17.7 Å². The van der Waals surface area contributed by atoms with Gasteiger partial charge in [-0.25, -0.2) is 4.68 Å². The first-order chi connectivity index (χ1) is 14.0. The Kier molecular flexibility index (Phi) is 7.15. The highest BCUT2D eigenvalue weighted by Gasteiger charge is 2.43. The average Bonchev–Trinajstić information content (AvgIpc) is 3.27. The van der Waals surface area contributed by atoms with E-state index in [1.54, 1.807) is 18.0 Å². The normalized spacial score (nSPS) is 23.9. The van der Waals surface area contributed by atoms with Crippen LogP contribution < -0.4 is 15.4 Å². The molecule has 10 heteroatoms. The van der Waals surface area contributed by atoms with E-state index in [0.717, 1.165) is 17.0 Å². The number of nitrogens with one attached hydrogen (secondary N) is 2. The summed E-state index contributed by atoms with van der Waals surface area (Å²) < 4.78 is 12.4. The van der Waals surface area contributed by atoms with Crippen LogP contribution in [-0.2, 0) is 29.2 Å². The highest BCUT2D eigenvalue weighted by Crippen LogP contribution is 2.25. The van der Waals surface area contributed by atoms with E-state index in [0.29, 0.717) is 13.1 Å². The number of aliphatic hydroxyl groups is 2. The van der Waals surface area contributed by atoms with Gasteiger partial charge in [0.1, 0.15) is 24.1 Å². The maximum Gasteiger partial charge on any atom is 0.222 e. The van der Waals surface area contributed by atoms with E-state index in [9.17, 15) is 15.0 Å². The first-order valence-corrected chi connectivity index (χ1v) is 9.45. The van der Waals surface area contributed by atoms with Crippen LogP contribution in [0.2, 0.25) is 0 Å². The molecule has 10 nitrogen and oxygen atoms in total. The van der Waals surface area contributed by atoms with Crippen molar-refractivity contribution < 1.29 is 24.5 Å². The van der Waals surface area contributed by atoms with Crippen molar-refractivity contribution in [3.05, 3.63) is 41.7 Å². The minimum Gasteiger partial charge on any atom is -0.497 e. The molecule has 1 saturated heterocycles. The van der Waals surface area contributed by atoms with Crippen molar-refractivity contribution in [1.82, 2.24) is 25.6 Å². The van der Waals surface area contributed by atoms with Crippen molar-refractivity contribution in [3.8, 4) is 5.75 Å². The molecule has 0 radical (unpaired) electrons. The number of rotatable bonds is 9. The Morgan fingerprint density at radius 2 is 1.93 bits per heavy atom. The summed E-state index contributed by atoms with van der Waals surface area (Å²) in [6.45, 7) is 1.16. The number of carbonyl (C=O) groups excluding carboxylic acids is 1. The molecule has 1 aromatic heterocycles. The minimum absolute atomic E-state index is 0.0484. The number of aliphatic hydroxyl groups excluding tert-OH is 2. The van der Waals surface area contributed by atoms with Crippen molar-refractivity contribution in [3.63, 3.8) is 0 Å². The summed E-state index contributed by atoms with van der Waals surface area (Å²) in [5.74, 6) is 0.475. The predicted octanol–water partition coefficient (Wildman–Crippen LogP) is -0.798. The second-order valence-corrected chi connectivity index (χ2v) is 6.99. The lowest BCUT2D eigenvalue weighted by molar-refractivity contribution is -0.125. The average molecular weight is 405 g/mol. The van der Waals surface area contributed by atoms with Crippen LogP contribution in [0.3, 0.4) is 0 Å². The molecule has 1 amide bonds. The molecule has 29 heavy (non-hydrogen) atoms. The van der Waals surface area contributed by atoms with Gasteiger partial charge in [0.2, 0.25) is 5.91 Å². The summed E-state index contributed by atoms with van der Waals surface area (Å²) in [5.41, 5.74) is 1.68. The Hall–Kier alpha value is -2.53. The van der Waals surface area contributed by atoms with Crippen molar-refractivity contribution >= 4 is 5.91 Å². The van der Waals surface area contributed by atoms with E-state index < -0.39 is 24.4 Å². The Morgan fingerprint density at radius 1 is 1.21 bits per heavy atom. The highest BCUT2D eigenvalue weighted by atomic mass is 16.5. The van der Waals surface area contributed by atoms with Crippen molar-refractivity contribution in [2.75, 3.05) is 14.2 Å². The van der Waals surface area contributed by atoms with E-state index in [4.69, 9.17) is 9.47 Å². The fraction of sp³-hybridized carbons (Fsp3) is 0.526. The van der Waals surface area contributed by atoms with Gasteiger partial charge in [0.05, 0.1) is 31.9 Å². The van der Waals surface area contributed by atoms with Crippen molar-refractivity contribution in [2.45, 2.75) is 50.5 Å². The van der Waals surface area contributed by atoms with E-state index >= 15 is 0 Å². The topological polar surface area (TPSA) is 131 Å².